The van der Waals surface area contributed by atoms with Crippen LogP contribution in [0, 0.1) is 6.92 Å². The summed E-state index contributed by atoms with van der Waals surface area (Å²) >= 11 is 2.98. The van der Waals surface area contributed by atoms with Gasteiger partial charge in [0.05, 0.1) is 15.5 Å². The van der Waals surface area contributed by atoms with Crippen molar-refractivity contribution in [2.75, 3.05) is 5.75 Å². The number of hydrogen-bond acceptors (Lipinski definition) is 6. The number of amides is 1. The number of thiazole rings is 1. The Labute approximate surface area is 148 Å². The van der Waals surface area contributed by atoms with Crippen molar-refractivity contribution >= 4 is 39.2 Å². The van der Waals surface area contributed by atoms with Crippen molar-refractivity contribution in [1.29, 1.82) is 0 Å². The molecular weight excluding hydrogens is 340 g/mol. The van der Waals surface area contributed by atoms with Gasteiger partial charge in [0.25, 0.3) is 0 Å². The molecule has 3 aromatic rings. The van der Waals surface area contributed by atoms with E-state index < -0.39 is 0 Å². The predicted molar refractivity (Wildman–Crippen MR) is 99.4 cm³/mol. The molecule has 0 aliphatic heterocycles. The number of carbonyl (C=O) groups excluding carboxylic acids is 1. The minimum absolute atomic E-state index is 0.0102. The summed E-state index contributed by atoms with van der Waals surface area (Å²) in [6.45, 7) is 5.86. The van der Waals surface area contributed by atoms with E-state index in [2.05, 4.69) is 20.5 Å². The maximum Gasteiger partial charge on any atom is 0.230 e. The quantitative estimate of drug-likeness (QED) is 0.705. The third-order valence-corrected chi connectivity index (χ3v) is 5.16. The number of rotatable bonds is 5. The fraction of sp³-hybridized carbons (Fsp3) is 0.294. The van der Waals surface area contributed by atoms with Gasteiger partial charge in [0.15, 0.2) is 0 Å². The zero-order valence-electron chi connectivity index (χ0n) is 13.7. The first-order valence-electron chi connectivity index (χ1n) is 7.66. The molecule has 0 atom stereocenters. The Kier molecular flexibility index (Phi) is 5.11. The zero-order valence-corrected chi connectivity index (χ0v) is 15.4. The molecule has 0 fully saturated rings. The van der Waals surface area contributed by atoms with Gasteiger partial charge >= 0.3 is 0 Å². The van der Waals surface area contributed by atoms with Crippen molar-refractivity contribution in [2.45, 2.75) is 31.8 Å². The van der Waals surface area contributed by atoms with E-state index in [1.165, 1.54) is 11.8 Å². The van der Waals surface area contributed by atoms with Crippen molar-refractivity contribution in [1.82, 2.24) is 20.5 Å². The number of nitrogens with one attached hydrogen (secondary N) is 1. The molecule has 1 amide bonds. The van der Waals surface area contributed by atoms with Crippen LogP contribution in [0.2, 0.25) is 0 Å². The fourth-order valence-corrected chi connectivity index (χ4v) is 4.03. The molecule has 0 spiro atoms. The number of thioether (sulfide) groups is 1. The van der Waals surface area contributed by atoms with E-state index in [1.807, 2.05) is 51.1 Å². The average Bonchev–Trinajstić information content (AvgIpc) is 2.94. The second-order valence-electron chi connectivity index (χ2n) is 5.64. The molecule has 7 heteroatoms. The maximum atomic E-state index is 11.9. The van der Waals surface area contributed by atoms with Gasteiger partial charge < -0.3 is 5.32 Å². The van der Waals surface area contributed by atoms with Gasteiger partial charge in [0.1, 0.15) is 16.2 Å². The normalized spacial score (nSPS) is 11.2. The summed E-state index contributed by atoms with van der Waals surface area (Å²) in [5, 5.41) is 13.3. The molecule has 0 unspecified atom stereocenters. The molecule has 1 N–H and O–H groups in total. The molecular formula is C17H18N4OS2. The van der Waals surface area contributed by atoms with Crippen molar-refractivity contribution in [2.24, 2.45) is 0 Å². The number of aromatic nitrogens is 3. The van der Waals surface area contributed by atoms with Gasteiger partial charge in [-0.1, -0.05) is 42.1 Å². The molecule has 0 radical (unpaired) electrons. The monoisotopic (exact) mass is 358 g/mol. The standard InChI is InChI=1S/C17H18N4OS2/c1-10(2)18-13(22)9-23-17-15-16(24-11(3)19-15)14(20-21-17)12-7-5-4-6-8-12/h4-8,10H,9H2,1-3H3,(H,18,22). The first kappa shape index (κ1) is 16.9. The van der Waals surface area contributed by atoms with E-state index in [0.29, 0.717) is 10.8 Å². The van der Waals surface area contributed by atoms with Crippen LogP contribution in [0.5, 0.6) is 0 Å². The molecule has 0 saturated carbocycles. The van der Waals surface area contributed by atoms with Crippen LogP contribution in [0.4, 0.5) is 0 Å². The van der Waals surface area contributed by atoms with Crippen LogP contribution < -0.4 is 5.32 Å². The van der Waals surface area contributed by atoms with Gasteiger partial charge in [-0.25, -0.2) is 4.98 Å². The first-order valence-corrected chi connectivity index (χ1v) is 9.46. The highest BCUT2D eigenvalue weighted by Gasteiger charge is 2.16. The lowest BCUT2D eigenvalue weighted by molar-refractivity contribution is -0.119. The van der Waals surface area contributed by atoms with Gasteiger partial charge in [0, 0.05) is 11.6 Å². The number of benzene rings is 1. The summed E-state index contributed by atoms with van der Waals surface area (Å²) in [4.78, 5) is 16.5. The Morgan fingerprint density at radius 3 is 2.71 bits per heavy atom. The van der Waals surface area contributed by atoms with E-state index in [4.69, 9.17) is 0 Å². The van der Waals surface area contributed by atoms with Crippen molar-refractivity contribution in [3.05, 3.63) is 35.3 Å². The highest BCUT2D eigenvalue weighted by Crippen LogP contribution is 2.35. The number of fused-ring (bicyclic) bond motifs is 1. The lowest BCUT2D eigenvalue weighted by atomic mass is 10.1. The van der Waals surface area contributed by atoms with Gasteiger partial charge in [0.2, 0.25) is 5.91 Å². The Morgan fingerprint density at radius 2 is 2.00 bits per heavy atom. The van der Waals surface area contributed by atoms with Crippen LogP contribution in [0.15, 0.2) is 35.4 Å². The highest BCUT2D eigenvalue weighted by molar-refractivity contribution is 8.00. The molecule has 0 saturated heterocycles. The van der Waals surface area contributed by atoms with Crippen molar-refractivity contribution in [3.63, 3.8) is 0 Å². The smallest absolute Gasteiger partial charge is 0.230 e. The molecule has 0 bridgehead atoms. The average molecular weight is 358 g/mol. The zero-order chi connectivity index (χ0) is 17.1. The number of hydrogen-bond donors (Lipinski definition) is 1. The van der Waals surface area contributed by atoms with Crippen LogP contribution in [0.3, 0.4) is 0 Å². The van der Waals surface area contributed by atoms with Gasteiger partial charge in [-0.05, 0) is 20.8 Å². The lowest BCUT2D eigenvalue weighted by Crippen LogP contribution is -2.31. The second-order valence-corrected chi connectivity index (χ2v) is 7.81. The van der Waals surface area contributed by atoms with E-state index >= 15 is 0 Å². The lowest BCUT2D eigenvalue weighted by Gasteiger charge is -2.08. The first-order chi connectivity index (χ1) is 11.5. The maximum absolute atomic E-state index is 11.9. The Bertz CT molecular complexity index is 862. The molecule has 24 heavy (non-hydrogen) atoms. The summed E-state index contributed by atoms with van der Waals surface area (Å²) in [5.41, 5.74) is 2.69. The van der Waals surface area contributed by atoms with Crippen molar-refractivity contribution < 1.29 is 4.79 Å². The number of carbonyl (C=O) groups is 1. The van der Waals surface area contributed by atoms with Crippen LogP contribution in [-0.2, 0) is 4.79 Å². The van der Waals surface area contributed by atoms with Crippen LogP contribution in [0.25, 0.3) is 21.5 Å². The third kappa shape index (κ3) is 3.73. The molecule has 0 aliphatic rings. The number of nitrogens with zero attached hydrogens (tertiary/aromatic N) is 3. The molecule has 0 aliphatic carbocycles. The molecule has 3 rings (SSSR count). The second kappa shape index (κ2) is 7.27. The Balaban J connectivity index is 1.93. The summed E-state index contributed by atoms with van der Waals surface area (Å²) in [6, 6.07) is 10.1. The van der Waals surface area contributed by atoms with Gasteiger partial charge in [-0.3, -0.25) is 4.79 Å². The third-order valence-electron chi connectivity index (χ3n) is 3.23. The Morgan fingerprint density at radius 1 is 1.25 bits per heavy atom. The molecule has 1 aromatic carbocycles. The molecule has 124 valence electrons. The van der Waals surface area contributed by atoms with Crippen LogP contribution in [0.1, 0.15) is 18.9 Å². The van der Waals surface area contributed by atoms with E-state index in [9.17, 15) is 4.79 Å². The number of aryl methyl sites for hydroxylation is 1. The molecule has 2 aromatic heterocycles. The van der Waals surface area contributed by atoms with E-state index in [0.717, 1.165) is 26.5 Å². The summed E-state index contributed by atoms with van der Waals surface area (Å²) < 4.78 is 1.01. The summed E-state index contributed by atoms with van der Waals surface area (Å²) in [5.74, 6) is 0.299. The topological polar surface area (TPSA) is 67.8 Å². The summed E-state index contributed by atoms with van der Waals surface area (Å²) in [6.07, 6.45) is 0. The molecule has 5 nitrogen and oxygen atoms in total. The molecule has 2 heterocycles. The van der Waals surface area contributed by atoms with Crippen LogP contribution >= 0.6 is 23.1 Å². The van der Waals surface area contributed by atoms with Gasteiger partial charge in [-0.15, -0.1) is 21.5 Å². The van der Waals surface area contributed by atoms with Crippen LogP contribution in [-0.4, -0.2) is 32.9 Å². The predicted octanol–water partition coefficient (Wildman–Crippen LogP) is 3.68. The van der Waals surface area contributed by atoms with E-state index in [-0.39, 0.29) is 11.9 Å². The largest absolute Gasteiger partial charge is 0.353 e. The minimum Gasteiger partial charge on any atom is -0.353 e. The SMILES string of the molecule is Cc1nc2c(SCC(=O)NC(C)C)nnc(-c3ccccc3)c2s1. The van der Waals surface area contributed by atoms with Gasteiger partial charge in [-0.2, -0.15) is 0 Å². The highest BCUT2D eigenvalue weighted by atomic mass is 32.2. The fourth-order valence-electron chi connectivity index (χ4n) is 2.30. The van der Waals surface area contributed by atoms with Crippen molar-refractivity contribution in [3.8, 4) is 11.3 Å². The van der Waals surface area contributed by atoms with E-state index in [1.54, 1.807) is 11.3 Å². The minimum atomic E-state index is -0.0102. The Hall–Kier alpha value is -1.99. The summed E-state index contributed by atoms with van der Waals surface area (Å²) in [7, 11) is 0.